The molecule has 2 amide bonds. The highest BCUT2D eigenvalue weighted by Crippen LogP contribution is 2.08. The Balaban J connectivity index is 2.75. The fourth-order valence-corrected chi connectivity index (χ4v) is 2.03. The highest BCUT2D eigenvalue weighted by molar-refractivity contribution is 5.97. The van der Waals surface area contributed by atoms with Crippen LogP contribution in [0.4, 0.5) is 0 Å². The molecule has 0 bridgehead atoms. The van der Waals surface area contributed by atoms with Crippen molar-refractivity contribution in [1.29, 1.82) is 0 Å². The van der Waals surface area contributed by atoms with Gasteiger partial charge in [-0.3, -0.25) is 9.59 Å². The molecule has 5 heteroatoms. The molecular weight excluding hydrogens is 268 g/mol. The maximum atomic E-state index is 12.2. The van der Waals surface area contributed by atoms with Crippen LogP contribution in [0.15, 0.2) is 24.3 Å². The van der Waals surface area contributed by atoms with Gasteiger partial charge in [0.1, 0.15) is 6.04 Å². The number of aryl methyl sites for hydroxylation is 1. The summed E-state index contributed by atoms with van der Waals surface area (Å²) in [6, 6.07) is 6.64. The van der Waals surface area contributed by atoms with E-state index in [2.05, 4.69) is 10.6 Å². The molecule has 0 saturated heterocycles. The van der Waals surface area contributed by atoms with E-state index in [0.29, 0.717) is 12.0 Å². The van der Waals surface area contributed by atoms with Crippen LogP contribution in [0.25, 0.3) is 0 Å². The smallest absolute Gasteiger partial charge is 0.251 e. The summed E-state index contributed by atoms with van der Waals surface area (Å²) >= 11 is 0. The Morgan fingerprint density at radius 2 is 2.00 bits per heavy atom. The van der Waals surface area contributed by atoms with Crippen LogP contribution in [0.2, 0.25) is 0 Å². The maximum absolute atomic E-state index is 12.2. The van der Waals surface area contributed by atoms with Crippen molar-refractivity contribution in [3.63, 3.8) is 0 Å². The monoisotopic (exact) mass is 292 g/mol. The first-order chi connectivity index (χ1) is 9.93. The molecule has 0 aliphatic carbocycles. The lowest BCUT2D eigenvalue weighted by Gasteiger charge is -2.20. The molecule has 116 valence electrons. The molecule has 0 aliphatic rings. The Labute approximate surface area is 125 Å². The highest BCUT2D eigenvalue weighted by atomic mass is 16.3. The van der Waals surface area contributed by atoms with E-state index in [1.807, 2.05) is 32.9 Å². The molecule has 1 aromatic rings. The number of amides is 2. The van der Waals surface area contributed by atoms with Gasteiger partial charge in [-0.05, 0) is 31.4 Å². The molecule has 0 radical (unpaired) electrons. The number of nitrogens with one attached hydrogen (secondary N) is 2. The van der Waals surface area contributed by atoms with Crippen molar-refractivity contribution in [2.75, 3.05) is 13.2 Å². The molecule has 5 nitrogen and oxygen atoms in total. The predicted molar refractivity (Wildman–Crippen MR) is 82.0 cm³/mol. The zero-order chi connectivity index (χ0) is 15.8. The number of hydrogen-bond donors (Lipinski definition) is 3. The molecule has 0 heterocycles. The fourth-order valence-electron chi connectivity index (χ4n) is 2.03. The van der Waals surface area contributed by atoms with Gasteiger partial charge in [-0.1, -0.05) is 31.5 Å². The van der Waals surface area contributed by atoms with Crippen LogP contribution < -0.4 is 10.6 Å². The van der Waals surface area contributed by atoms with Gasteiger partial charge >= 0.3 is 0 Å². The molecule has 0 aliphatic heterocycles. The van der Waals surface area contributed by atoms with Gasteiger partial charge in [-0.25, -0.2) is 0 Å². The molecule has 0 fully saturated rings. The van der Waals surface area contributed by atoms with Gasteiger partial charge in [0.2, 0.25) is 5.91 Å². The van der Waals surface area contributed by atoms with E-state index in [9.17, 15) is 9.59 Å². The fraction of sp³-hybridized carbons (Fsp3) is 0.500. The second kappa shape index (κ2) is 8.42. The average Bonchev–Trinajstić information content (AvgIpc) is 2.43. The van der Waals surface area contributed by atoms with Crippen molar-refractivity contribution in [1.82, 2.24) is 10.6 Å². The van der Waals surface area contributed by atoms with Crippen LogP contribution >= 0.6 is 0 Å². The second-order valence-corrected chi connectivity index (χ2v) is 5.54. The molecule has 0 saturated carbocycles. The van der Waals surface area contributed by atoms with E-state index < -0.39 is 6.04 Å². The van der Waals surface area contributed by atoms with Gasteiger partial charge in [0.15, 0.2) is 0 Å². The topological polar surface area (TPSA) is 78.4 Å². The largest absolute Gasteiger partial charge is 0.395 e. The van der Waals surface area contributed by atoms with E-state index in [1.165, 1.54) is 0 Å². The normalized spacial score (nSPS) is 12.0. The lowest BCUT2D eigenvalue weighted by Crippen LogP contribution is -2.48. The lowest BCUT2D eigenvalue weighted by atomic mass is 10.0. The Bertz CT molecular complexity index is 486. The van der Waals surface area contributed by atoms with Crippen LogP contribution in [0.3, 0.4) is 0 Å². The summed E-state index contributed by atoms with van der Waals surface area (Å²) in [5, 5.41) is 14.1. The summed E-state index contributed by atoms with van der Waals surface area (Å²) < 4.78 is 0. The molecule has 21 heavy (non-hydrogen) atoms. The molecule has 0 aromatic heterocycles. The number of benzene rings is 1. The first-order valence-electron chi connectivity index (χ1n) is 7.20. The van der Waals surface area contributed by atoms with E-state index in [0.717, 1.165) is 5.56 Å². The van der Waals surface area contributed by atoms with Crippen LogP contribution in [0.1, 0.15) is 36.2 Å². The Morgan fingerprint density at radius 1 is 1.29 bits per heavy atom. The van der Waals surface area contributed by atoms with E-state index in [4.69, 9.17) is 5.11 Å². The number of rotatable bonds is 7. The van der Waals surface area contributed by atoms with Gasteiger partial charge in [-0.2, -0.15) is 0 Å². The Morgan fingerprint density at radius 3 is 2.57 bits per heavy atom. The SMILES string of the molecule is Cc1cccc(C(=O)N[C@@H](CC(C)C)C(=O)NCCO)c1. The van der Waals surface area contributed by atoms with E-state index in [-0.39, 0.29) is 30.9 Å². The summed E-state index contributed by atoms with van der Waals surface area (Å²) in [6.07, 6.45) is 0.550. The van der Waals surface area contributed by atoms with Crippen LogP contribution in [0, 0.1) is 12.8 Å². The van der Waals surface area contributed by atoms with Crippen molar-refractivity contribution in [3.05, 3.63) is 35.4 Å². The minimum absolute atomic E-state index is 0.119. The standard InChI is InChI=1S/C16H24N2O3/c1-11(2)9-14(16(21)17-7-8-19)18-15(20)13-6-4-5-12(3)10-13/h4-6,10-11,14,19H,7-9H2,1-3H3,(H,17,21)(H,18,20)/t14-/m0/s1. The summed E-state index contributed by atoms with van der Waals surface area (Å²) in [5.74, 6) is -0.255. The Kier molecular flexibility index (Phi) is 6.88. The summed E-state index contributed by atoms with van der Waals surface area (Å²) in [6.45, 7) is 5.96. The van der Waals surface area contributed by atoms with Crippen molar-refractivity contribution in [2.45, 2.75) is 33.2 Å². The number of aliphatic hydroxyl groups is 1. The predicted octanol–water partition coefficient (Wildman–Crippen LogP) is 1.25. The zero-order valence-electron chi connectivity index (χ0n) is 12.8. The van der Waals surface area contributed by atoms with Gasteiger partial charge in [0.05, 0.1) is 6.61 Å². The second-order valence-electron chi connectivity index (χ2n) is 5.54. The Hall–Kier alpha value is -1.88. The molecular formula is C16H24N2O3. The third-order valence-electron chi connectivity index (χ3n) is 3.02. The molecule has 1 rings (SSSR count). The summed E-state index contributed by atoms with van der Waals surface area (Å²) in [4.78, 5) is 24.3. The van der Waals surface area contributed by atoms with Crippen molar-refractivity contribution < 1.29 is 14.7 Å². The molecule has 3 N–H and O–H groups in total. The van der Waals surface area contributed by atoms with Crippen LogP contribution in [-0.4, -0.2) is 36.1 Å². The quantitative estimate of drug-likeness (QED) is 0.707. The highest BCUT2D eigenvalue weighted by Gasteiger charge is 2.22. The van der Waals surface area contributed by atoms with E-state index in [1.54, 1.807) is 12.1 Å². The average molecular weight is 292 g/mol. The number of aliphatic hydroxyl groups excluding tert-OH is 1. The molecule has 0 spiro atoms. The third-order valence-corrected chi connectivity index (χ3v) is 3.02. The van der Waals surface area contributed by atoms with Gasteiger partial charge < -0.3 is 15.7 Å². The maximum Gasteiger partial charge on any atom is 0.251 e. The number of hydrogen-bond acceptors (Lipinski definition) is 3. The van der Waals surface area contributed by atoms with Gasteiger partial charge in [0, 0.05) is 12.1 Å². The molecule has 0 unspecified atom stereocenters. The summed E-state index contributed by atoms with van der Waals surface area (Å²) in [5.41, 5.74) is 1.53. The van der Waals surface area contributed by atoms with Gasteiger partial charge in [0.25, 0.3) is 5.91 Å². The third kappa shape index (κ3) is 5.95. The van der Waals surface area contributed by atoms with E-state index >= 15 is 0 Å². The van der Waals surface area contributed by atoms with Crippen molar-refractivity contribution in [3.8, 4) is 0 Å². The lowest BCUT2D eigenvalue weighted by molar-refractivity contribution is -0.123. The zero-order valence-corrected chi connectivity index (χ0v) is 12.8. The van der Waals surface area contributed by atoms with Crippen LogP contribution in [-0.2, 0) is 4.79 Å². The van der Waals surface area contributed by atoms with Crippen molar-refractivity contribution in [2.24, 2.45) is 5.92 Å². The first kappa shape index (κ1) is 17.2. The van der Waals surface area contributed by atoms with Crippen LogP contribution in [0.5, 0.6) is 0 Å². The minimum Gasteiger partial charge on any atom is -0.395 e. The summed E-state index contributed by atoms with van der Waals surface area (Å²) in [7, 11) is 0. The minimum atomic E-state index is -0.593. The van der Waals surface area contributed by atoms with Gasteiger partial charge in [-0.15, -0.1) is 0 Å². The number of carbonyl (C=O) groups excluding carboxylic acids is 2. The first-order valence-corrected chi connectivity index (χ1v) is 7.20. The molecule has 1 atom stereocenters. The number of carbonyl (C=O) groups is 2. The molecule has 1 aromatic carbocycles. The van der Waals surface area contributed by atoms with Crippen molar-refractivity contribution >= 4 is 11.8 Å².